The molecule has 0 bridgehead atoms. The molecule has 5 heteroatoms. The highest BCUT2D eigenvalue weighted by atomic mass is 127. The van der Waals surface area contributed by atoms with Gasteiger partial charge < -0.3 is 5.32 Å². The third kappa shape index (κ3) is 2.84. The van der Waals surface area contributed by atoms with Gasteiger partial charge in [0, 0.05) is 25.0 Å². The normalized spacial score (nSPS) is 15.1. The second-order valence-electron chi connectivity index (χ2n) is 4.28. The fraction of sp³-hybridized carbons (Fsp3) is 0.333. The van der Waals surface area contributed by atoms with Crippen LogP contribution in [0.4, 0.5) is 0 Å². The third-order valence-electron chi connectivity index (χ3n) is 2.77. The van der Waals surface area contributed by atoms with Gasteiger partial charge in [0.1, 0.15) is 0 Å². The van der Waals surface area contributed by atoms with Gasteiger partial charge in [-0.15, -0.1) is 0 Å². The predicted octanol–water partition coefficient (Wildman–Crippen LogP) is 2.12. The van der Waals surface area contributed by atoms with Gasteiger partial charge in [0.15, 0.2) is 5.82 Å². The van der Waals surface area contributed by atoms with Gasteiger partial charge >= 0.3 is 0 Å². The first-order valence-corrected chi connectivity index (χ1v) is 6.78. The van der Waals surface area contributed by atoms with Gasteiger partial charge in [0.25, 0.3) is 0 Å². The first-order chi connectivity index (χ1) is 8.31. The second-order valence-corrected chi connectivity index (χ2v) is 5.53. The van der Waals surface area contributed by atoms with E-state index in [0.717, 1.165) is 22.0 Å². The van der Waals surface area contributed by atoms with Crippen LogP contribution in [0.3, 0.4) is 0 Å². The summed E-state index contributed by atoms with van der Waals surface area (Å²) in [6, 6.07) is 4.85. The number of aromatic nitrogens is 3. The highest BCUT2D eigenvalue weighted by Gasteiger charge is 2.19. The fourth-order valence-corrected chi connectivity index (χ4v) is 2.02. The lowest BCUT2D eigenvalue weighted by atomic mass is 10.3. The van der Waals surface area contributed by atoms with Crippen molar-refractivity contribution in [1.29, 1.82) is 0 Å². The lowest BCUT2D eigenvalue weighted by Crippen LogP contribution is -2.15. The van der Waals surface area contributed by atoms with E-state index >= 15 is 0 Å². The maximum absolute atomic E-state index is 4.42. The van der Waals surface area contributed by atoms with E-state index in [1.807, 2.05) is 24.7 Å². The minimum absolute atomic E-state index is 0.738. The molecule has 2 heterocycles. The van der Waals surface area contributed by atoms with Crippen molar-refractivity contribution in [2.45, 2.75) is 25.4 Å². The topological polar surface area (TPSA) is 42.7 Å². The molecule has 0 amide bonds. The smallest absolute Gasteiger partial charge is 0.153 e. The molecule has 2 aromatic heterocycles. The Morgan fingerprint density at radius 3 is 2.82 bits per heavy atom. The fourth-order valence-electron chi connectivity index (χ4n) is 1.63. The average Bonchev–Trinajstić information content (AvgIpc) is 3.09. The summed E-state index contributed by atoms with van der Waals surface area (Å²) in [5.41, 5.74) is 1.22. The predicted molar refractivity (Wildman–Crippen MR) is 73.9 cm³/mol. The minimum Gasteiger partial charge on any atom is -0.310 e. The van der Waals surface area contributed by atoms with Crippen molar-refractivity contribution < 1.29 is 0 Å². The van der Waals surface area contributed by atoms with E-state index in [-0.39, 0.29) is 0 Å². The van der Waals surface area contributed by atoms with Gasteiger partial charge in [0.05, 0.1) is 9.77 Å². The Bertz CT molecular complexity index is 501. The Balaban J connectivity index is 1.70. The first kappa shape index (κ1) is 11.2. The maximum Gasteiger partial charge on any atom is 0.153 e. The molecule has 0 atom stereocenters. The summed E-state index contributed by atoms with van der Waals surface area (Å²) in [4.78, 5) is 4.42. The number of hydrogen-bond acceptors (Lipinski definition) is 3. The Hall–Kier alpha value is -0.950. The molecule has 0 saturated heterocycles. The van der Waals surface area contributed by atoms with Gasteiger partial charge in [0.2, 0.25) is 0 Å². The summed E-state index contributed by atoms with van der Waals surface area (Å²) in [6.07, 6.45) is 8.34. The van der Waals surface area contributed by atoms with Gasteiger partial charge in [-0.1, -0.05) is 6.07 Å². The Kier molecular flexibility index (Phi) is 3.11. The van der Waals surface area contributed by atoms with Crippen LogP contribution in [-0.4, -0.2) is 20.8 Å². The quantitative estimate of drug-likeness (QED) is 0.867. The molecule has 0 aromatic carbocycles. The molecule has 1 saturated carbocycles. The van der Waals surface area contributed by atoms with E-state index < -0.39 is 0 Å². The van der Waals surface area contributed by atoms with Crippen molar-refractivity contribution in [1.82, 2.24) is 20.1 Å². The van der Waals surface area contributed by atoms with Gasteiger partial charge in [-0.2, -0.15) is 5.10 Å². The molecular formula is C12H13IN4. The number of pyridine rings is 1. The number of halogens is 1. The zero-order chi connectivity index (χ0) is 11.7. The highest BCUT2D eigenvalue weighted by molar-refractivity contribution is 14.1. The summed E-state index contributed by atoms with van der Waals surface area (Å²) >= 11 is 2.24. The lowest BCUT2D eigenvalue weighted by Gasteiger charge is -2.04. The number of hydrogen-bond donors (Lipinski definition) is 1. The van der Waals surface area contributed by atoms with Crippen LogP contribution in [0.5, 0.6) is 0 Å². The zero-order valence-electron chi connectivity index (χ0n) is 9.31. The molecule has 0 aliphatic heterocycles. The highest BCUT2D eigenvalue weighted by Crippen LogP contribution is 2.19. The molecule has 3 rings (SSSR count). The van der Waals surface area contributed by atoms with Crippen LogP contribution in [0.2, 0.25) is 0 Å². The first-order valence-electron chi connectivity index (χ1n) is 5.70. The molecule has 0 spiro atoms. The zero-order valence-corrected chi connectivity index (χ0v) is 11.5. The molecule has 2 aromatic rings. The second kappa shape index (κ2) is 4.73. The van der Waals surface area contributed by atoms with Crippen LogP contribution in [0.15, 0.2) is 30.7 Å². The molecule has 1 fully saturated rings. The molecule has 1 N–H and O–H groups in total. The summed E-state index contributed by atoms with van der Waals surface area (Å²) in [7, 11) is 0. The van der Waals surface area contributed by atoms with Crippen LogP contribution in [0.25, 0.3) is 5.82 Å². The SMILES string of the molecule is Ic1cnn(-c2ccc(CNC3CC3)cn2)c1. The van der Waals surface area contributed by atoms with Crippen molar-refractivity contribution in [2.24, 2.45) is 0 Å². The van der Waals surface area contributed by atoms with Crippen molar-refractivity contribution in [3.8, 4) is 5.82 Å². The third-order valence-corrected chi connectivity index (χ3v) is 3.32. The van der Waals surface area contributed by atoms with E-state index in [4.69, 9.17) is 0 Å². The monoisotopic (exact) mass is 340 g/mol. The van der Waals surface area contributed by atoms with Gasteiger partial charge in [-0.05, 0) is 47.1 Å². The van der Waals surface area contributed by atoms with Gasteiger partial charge in [-0.25, -0.2) is 9.67 Å². The summed E-state index contributed by atoms with van der Waals surface area (Å²) < 4.78 is 2.91. The van der Waals surface area contributed by atoms with Crippen LogP contribution in [0.1, 0.15) is 18.4 Å². The number of nitrogens with zero attached hydrogens (tertiary/aromatic N) is 3. The largest absolute Gasteiger partial charge is 0.310 e. The standard InChI is InChI=1S/C12H13IN4/c13-10-7-16-17(8-10)12-4-1-9(6-15-12)5-14-11-2-3-11/h1,4,6-8,11,14H,2-3,5H2. The van der Waals surface area contributed by atoms with Crippen LogP contribution in [-0.2, 0) is 6.54 Å². The number of nitrogens with one attached hydrogen (secondary N) is 1. The van der Waals surface area contributed by atoms with E-state index in [1.165, 1.54) is 18.4 Å². The van der Waals surface area contributed by atoms with Crippen molar-refractivity contribution in [3.05, 3.63) is 39.9 Å². The lowest BCUT2D eigenvalue weighted by molar-refractivity contribution is 0.685. The molecule has 88 valence electrons. The van der Waals surface area contributed by atoms with Crippen LogP contribution >= 0.6 is 22.6 Å². The summed E-state index contributed by atoms with van der Waals surface area (Å²) in [5, 5.41) is 7.70. The molecule has 0 radical (unpaired) electrons. The maximum atomic E-state index is 4.42. The molecule has 17 heavy (non-hydrogen) atoms. The van der Waals surface area contributed by atoms with Crippen molar-refractivity contribution >= 4 is 22.6 Å². The van der Waals surface area contributed by atoms with Crippen molar-refractivity contribution in [2.75, 3.05) is 0 Å². The van der Waals surface area contributed by atoms with E-state index in [0.29, 0.717) is 0 Å². The summed E-state index contributed by atoms with van der Waals surface area (Å²) in [6.45, 7) is 0.911. The van der Waals surface area contributed by atoms with E-state index in [2.05, 4.69) is 44.1 Å². The Labute approximate surface area is 114 Å². The van der Waals surface area contributed by atoms with E-state index in [1.54, 1.807) is 4.68 Å². The Morgan fingerprint density at radius 1 is 1.35 bits per heavy atom. The van der Waals surface area contributed by atoms with Crippen LogP contribution < -0.4 is 5.32 Å². The van der Waals surface area contributed by atoms with E-state index in [9.17, 15) is 0 Å². The molecule has 1 aliphatic carbocycles. The molecule has 0 unspecified atom stereocenters. The number of rotatable bonds is 4. The molecule has 4 nitrogen and oxygen atoms in total. The average molecular weight is 340 g/mol. The van der Waals surface area contributed by atoms with Crippen molar-refractivity contribution in [3.63, 3.8) is 0 Å². The molecular weight excluding hydrogens is 327 g/mol. The molecule has 1 aliphatic rings. The van der Waals surface area contributed by atoms with Gasteiger partial charge in [-0.3, -0.25) is 0 Å². The summed E-state index contributed by atoms with van der Waals surface area (Å²) in [5.74, 6) is 0.864. The Morgan fingerprint density at radius 2 is 2.24 bits per heavy atom. The van der Waals surface area contributed by atoms with Crippen LogP contribution in [0, 0.1) is 3.57 Å². The minimum atomic E-state index is 0.738.